The lowest BCUT2D eigenvalue weighted by molar-refractivity contribution is 0.256. The summed E-state index contributed by atoms with van der Waals surface area (Å²) in [5, 5.41) is 21.3. The Morgan fingerprint density at radius 3 is 1.47 bits per heavy atom. The topological polar surface area (TPSA) is 119 Å². The van der Waals surface area contributed by atoms with Gasteiger partial charge in [0.05, 0.1) is 0 Å². The number of rotatable bonds is 16. The van der Waals surface area contributed by atoms with Crippen molar-refractivity contribution < 1.29 is 18.6 Å². The SMILES string of the molecule is CC(C)(CCCS(=O)CCCS(=O)CCCC(C)(C)Cn1c(O)c2c(cc1=O)SCC2)Cn1c(O)c2c(cc1=O)SCC2. The smallest absolute Gasteiger partial charge is 0.254 e. The highest BCUT2D eigenvalue weighted by Gasteiger charge is 2.27. The van der Waals surface area contributed by atoms with Crippen molar-refractivity contribution in [1.82, 2.24) is 9.13 Å². The van der Waals surface area contributed by atoms with Gasteiger partial charge in [-0.05, 0) is 55.8 Å². The van der Waals surface area contributed by atoms with E-state index in [0.29, 0.717) is 42.5 Å². The number of hydrogen-bond acceptors (Lipinski definition) is 8. The Bertz CT molecular complexity index is 1370. The second-order valence-electron chi connectivity index (χ2n) is 13.3. The van der Waals surface area contributed by atoms with E-state index in [0.717, 1.165) is 70.9 Å². The monoisotopic (exact) mass is 670 g/mol. The summed E-state index contributed by atoms with van der Waals surface area (Å²) >= 11 is 3.22. The van der Waals surface area contributed by atoms with Crippen LogP contribution in [0.3, 0.4) is 0 Å². The maximum atomic E-state index is 12.6. The standard InChI is InChI=1S/C31H46N2O6S4/c1-30(2,20-32-26(34)18-24-22(28(32)36)8-12-40-24)10-5-14-42(38)16-7-17-43(39)15-6-11-31(3,4)21-33-27(35)19-25-23(29(33)37)9-13-41-25/h18-19,36-37H,5-17,20-21H2,1-4H3. The Morgan fingerprint density at radius 1 is 0.698 bits per heavy atom. The van der Waals surface area contributed by atoms with Gasteiger partial charge in [0.2, 0.25) is 0 Å². The van der Waals surface area contributed by atoms with Gasteiger partial charge in [-0.3, -0.25) is 27.1 Å². The van der Waals surface area contributed by atoms with Crippen LogP contribution in [0.1, 0.15) is 70.9 Å². The van der Waals surface area contributed by atoms with Crippen molar-refractivity contribution in [2.24, 2.45) is 10.8 Å². The normalized spacial score (nSPS) is 16.3. The molecule has 2 unspecified atom stereocenters. The number of pyridine rings is 2. The Kier molecular flexibility index (Phi) is 11.8. The highest BCUT2D eigenvalue weighted by atomic mass is 32.2. The minimum Gasteiger partial charge on any atom is -0.494 e. The molecule has 2 aliphatic heterocycles. The fourth-order valence-electron chi connectivity index (χ4n) is 5.89. The third-order valence-electron chi connectivity index (χ3n) is 8.27. The van der Waals surface area contributed by atoms with Crippen LogP contribution in [0.25, 0.3) is 0 Å². The van der Waals surface area contributed by atoms with Gasteiger partial charge in [0, 0.05) is 102 Å². The minimum absolute atomic E-state index is 0.0915. The number of nitrogens with zero attached hydrogens (tertiary/aromatic N) is 2. The molecule has 0 saturated heterocycles. The second-order valence-corrected chi connectivity index (χ2v) is 18.9. The molecule has 2 atom stereocenters. The molecule has 2 aromatic rings. The highest BCUT2D eigenvalue weighted by Crippen LogP contribution is 2.38. The molecule has 0 aliphatic carbocycles. The van der Waals surface area contributed by atoms with Crippen LogP contribution in [0, 0.1) is 10.8 Å². The molecule has 0 radical (unpaired) electrons. The van der Waals surface area contributed by atoms with Crippen LogP contribution in [0.4, 0.5) is 0 Å². The third kappa shape index (κ3) is 9.26. The van der Waals surface area contributed by atoms with Crippen molar-refractivity contribution in [2.45, 2.75) is 95.5 Å². The zero-order valence-corrected chi connectivity index (χ0v) is 29.1. The molecule has 8 nitrogen and oxygen atoms in total. The molecular weight excluding hydrogens is 625 g/mol. The van der Waals surface area contributed by atoms with Crippen molar-refractivity contribution in [1.29, 1.82) is 0 Å². The lowest BCUT2D eigenvalue weighted by atomic mass is 9.88. The average Bonchev–Trinajstić information content (AvgIpc) is 3.58. The molecule has 2 aromatic heterocycles. The van der Waals surface area contributed by atoms with Gasteiger partial charge < -0.3 is 10.2 Å². The second kappa shape index (κ2) is 14.7. The van der Waals surface area contributed by atoms with Gasteiger partial charge in [0.25, 0.3) is 11.1 Å². The van der Waals surface area contributed by atoms with Gasteiger partial charge in [-0.2, -0.15) is 0 Å². The number of aromatic nitrogens is 2. The van der Waals surface area contributed by atoms with Crippen LogP contribution in [0.5, 0.6) is 11.8 Å². The average molecular weight is 671 g/mol. The van der Waals surface area contributed by atoms with Gasteiger partial charge in [-0.25, -0.2) is 0 Å². The Balaban J connectivity index is 1.12. The minimum atomic E-state index is -0.986. The molecule has 12 heteroatoms. The first-order valence-corrected chi connectivity index (χ1v) is 20.1. The van der Waals surface area contributed by atoms with Crippen molar-refractivity contribution in [3.05, 3.63) is 44.0 Å². The molecule has 0 spiro atoms. The predicted octanol–water partition coefficient (Wildman–Crippen LogP) is 4.92. The van der Waals surface area contributed by atoms with Crippen LogP contribution in [-0.4, -0.2) is 62.3 Å². The van der Waals surface area contributed by atoms with Crippen LogP contribution >= 0.6 is 23.5 Å². The van der Waals surface area contributed by atoms with E-state index in [2.05, 4.69) is 27.7 Å². The van der Waals surface area contributed by atoms with Crippen molar-refractivity contribution in [2.75, 3.05) is 34.5 Å². The molecule has 0 saturated carbocycles. The lowest BCUT2D eigenvalue weighted by Gasteiger charge is -2.26. The zero-order valence-electron chi connectivity index (χ0n) is 25.8. The number of hydrogen-bond donors (Lipinski definition) is 2. The molecule has 4 heterocycles. The Hall–Kier alpha value is -1.50. The first-order valence-electron chi connectivity index (χ1n) is 15.1. The van der Waals surface area contributed by atoms with Crippen LogP contribution in [0.15, 0.2) is 31.5 Å². The fraction of sp³-hybridized carbons (Fsp3) is 0.677. The van der Waals surface area contributed by atoms with Crippen LogP contribution < -0.4 is 11.1 Å². The maximum absolute atomic E-state index is 12.6. The highest BCUT2D eigenvalue weighted by molar-refractivity contribution is 7.99. The van der Waals surface area contributed by atoms with E-state index in [1.54, 1.807) is 35.7 Å². The predicted molar refractivity (Wildman–Crippen MR) is 180 cm³/mol. The number of fused-ring (bicyclic) bond motifs is 2. The Morgan fingerprint density at radius 2 is 1.07 bits per heavy atom. The van der Waals surface area contributed by atoms with Gasteiger partial charge in [0.15, 0.2) is 11.8 Å². The Labute approximate surface area is 268 Å². The van der Waals surface area contributed by atoms with E-state index in [1.807, 2.05) is 0 Å². The zero-order chi connectivity index (χ0) is 31.4. The quantitative estimate of drug-likeness (QED) is 0.259. The molecule has 0 aromatic carbocycles. The van der Waals surface area contributed by atoms with Gasteiger partial charge >= 0.3 is 0 Å². The number of thioether (sulfide) groups is 2. The summed E-state index contributed by atoms with van der Waals surface area (Å²) < 4.78 is 28.2. The molecule has 2 aliphatic rings. The van der Waals surface area contributed by atoms with Crippen molar-refractivity contribution >= 4 is 45.1 Å². The summed E-state index contributed by atoms with van der Waals surface area (Å²) in [4.78, 5) is 26.9. The molecule has 0 fully saturated rings. The fourth-order valence-corrected chi connectivity index (χ4v) is 10.5. The summed E-state index contributed by atoms with van der Waals surface area (Å²) in [6.45, 7) is 9.12. The van der Waals surface area contributed by atoms with Gasteiger partial charge in [0.1, 0.15) is 0 Å². The summed E-state index contributed by atoms with van der Waals surface area (Å²) in [6.07, 6.45) is 5.29. The summed E-state index contributed by atoms with van der Waals surface area (Å²) in [5.74, 6) is 4.15. The summed E-state index contributed by atoms with van der Waals surface area (Å²) in [5.41, 5.74) is 0.932. The lowest BCUT2D eigenvalue weighted by Crippen LogP contribution is -2.29. The molecule has 2 N–H and O–H groups in total. The van der Waals surface area contributed by atoms with E-state index in [1.165, 1.54) is 9.13 Å². The largest absolute Gasteiger partial charge is 0.494 e. The first kappa shape index (κ1) is 34.4. The van der Waals surface area contributed by atoms with Crippen molar-refractivity contribution in [3.8, 4) is 11.8 Å². The van der Waals surface area contributed by atoms with Crippen LogP contribution in [0.2, 0.25) is 0 Å². The van der Waals surface area contributed by atoms with E-state index >= 15 is 0 Å². The first-order chi connectivity index (χ1) is 20.3. The third-order valence-corrected chi connectivity index (χ3v) is 13.4. The number of aromatic hydroxyl groups is 2. The summed E-state index contributed by atoms with van der Waals surface area (Å²) in [6, 6.07) is 3.26. The molecular formula is C31H46N2O6S4. The molecule has 43 heavy (non-hydrogen) atoms. The van der Waals surface area contributed by atoms with Gasteiger partial charge in [-0.1, -0.05) is 27.7 Å². The summed E-state index contributed by atoms with van der Waals surface area (Å²) in [7, 11) is -1.97. The van der Waals surface area contributed by atoms with E-state index in [-0.39, 0.29) is 33.7 Å². The molecule has 0 bridgehead atoms. The van der Waals surface area contributed by atoms with E-state index in [4.69, 9.17) is 0 Å². The van der Waals surface area contributed by atoms with E-state index in [9.17, 15) is 28.2 Å². The molecule has 0 amide bonds. The van der Waals surface area contributed by atoms with E-state index < -0.39 is 21.6 Å². The van der Waals surface area contributed by atoms with Crippen molar-refractivity contribution in [3.63, 3.8) is 0 Å². The van der Waals surface area contributed by atoms with Gasteiger partial charge in [-0.15, -0.1) is 23.5 Å². The maximum Gasteiger partial charge on any atom is 0.254 e. The molecule has 240 valence electrons. The molecule has 4 rings (SSSR count). The van der Waals surface area contributed by atoms with Crippen LogP contribution in [-0.2, 0) is 47.5 Å².